The van der Waals surface area contributed by atoms with Crippen molar-refractivity contribution in [1.82, 2.24) is 5.32 Å². The van der Waals surface area contributed by atoms with Crippen LogP contribution in [0.25, 0.3) is 0 Å². The number of esters is 1. The van der Waals surface area contributed by atoms with Crippen molar-refractivity contribution in [2.45, 2.75) is 20.0 Å². The predicted molar refractivity (Wildman–Crippen MR) is 59.5 cm³/mol. The van der Waals surface area contributed by atoms with Crippen LogP contribution in [0.4, 0.5) is 0 Å². The van der Waals surface area contributed by atoms with Crippen molar-refractivity contribution in [3.05, 3.63) is 35.4 Å². The van der Waals surface area contributed by atoms with Gasteiger partial charge in [-0.3, -0.25) is 4.79 Å². The molecule has 1 rings (SSSR count). The molecule has 1 N–H and O–H groups in total. The molecule has 0 amide bonds. The van der Waals surface area contributed by atoms with Gasteiger partial charge in [-0.25, -0.2) is 0 Å². The number of benzene rings is 1. The molecule has 0 saturated heterocycles. The number of likely N-dealkylation sites (N-methyl/N-ethyl adjacent to an activating group) is 1. The van der Waals surface area contributed by atoms with Crippen molar-refractivity contribution < 1.29 is 9.53 Å². The van der Waals surface area contributed by atoms with Crippen molar-refractivity contribution in [2.75, 3.05) is 13.6 Å². The molecule has 0 heterocycles. The van der Waals surface area contributed by atoms with Crippen LogP contribution in [0, 0.1) is 0 Å². The van der Waals surface area contributed by atoms with Gasteiger partial charge >= 0.3 is 5.97 Å². The van der Waals surface area contributed by atoms with E-state index in [-0.39, 0.29) is 12.5 Å². The lowest BCUT2D eigenvalue weighted by Crippen LogP contribution is -2.20. The SMILES string of the molecule is CCc1ccc(COC(=O)CNC)cc1. The van der Waals surface area contributed by atoms with Crippen LogP contribution in [-0.2, 0) is 22.6 Å². The lowest BCUT2D eigenvalue weighted by molar-refractivity contribution is -0.143. The smallest absolute Gasteiger partial charge is 0.320 e. The topological polar surface area (TPSA) is 38.3 Å². The summed E-state index contributed by atoms with van der Waals surface area (Å²) in [4.78, 5) is 11.1. The Labute approximate surface area is 90.4 Å². The van der Waals surface area contributed by atoms with Crippen molar-refractivity contribution in [2.24, 2.45) is 0 Å². The first-order chi connectivity index (χ1) is 7.26. The molecule has 0 aliphatic carbocycles. The van der Waals surface area contributed by atoms with Gasteiger partial charge in [-0.1, -0.05) is 31.2 Å². The Hall–Kier alpha value is -1.35. The summed E-state index contributed by atoms with van der Waals surface area (Å²) >= 11 is 0. The molecule has 0 atom stereocenters. The average Bonchev–Trinajstić information content (AvgIpc) is 2.27. The standard InChI is InChI=1S/C12H17NO2/c1-3-10-4-6-11(7-5-10)9-15-12(14)8-13-2/h4-7,13H,3,8-9H2,1-2H3. The molecular weight excluding hydrogens is 190 g/mol. The lowest BCUT2D eigenvalue weighted by atomic mass is 10.1. The first-order valence-corrected chi connectivity index (χ1v) is 5.14. The van der Waals surface area contributed by atoms with E-state index >= 15 is 0 Å². The van der Waals surface area contributed by atoms with Crippen LogP contribution in [0.2, 0.25) is 0 Å². The number of nitrogens with one attached hydrogen (secondary N) is 1. The molecular formula is C12H17NO2. The van der Waals surface area contributed by atoms with Gasteiger partial charge in [0.15, 0.2) is 0 Å². The summed E-state index contributed by atoms with van der Waals surface area (Å²) in [6, 6.07) is 8.10. The van der Waals surface area contributed by atoms with Crippen LogP contribution in [0.15, 0.2) is 24.3 Å². The summed E-state index contributed by atoms with van der Waals surface area (Å²) in [7, 11) is 1.72. The Kier molecular flexibility index (Phi) is 4.84. The Morgan fingerprint density at radius 2 is 1.87 bits per heavy atom. The predicted octanol–water partition coefficient (Wildman–Crippen LogP) is 1.51. The monoisotopic (exact) mass is 207 g/mol. The summed E-state index contributed by atoms with van der Waals surface area (Å²) in [6.07, 6.45) is 1.03. The van der Waals surface area contributed by atoms with Gasteiger partial charge in [0.1, 0.15) is 6.61 Å². The van der Waals surface area contributed by atoms with Crippen molar-refractivity contribution in [1.29, 1.82) is 0 Å². The molecule has 0 aromatic heterocycles. The first-order valence-electron chi connectivity index (χ1n) is 5.14. The van der Waals surface area contributed by atoms with Crippen LogP contribution >= 0.6 is 0 Å². The summed E-state index contributed by atoms with van der Waals surface area (Å²) in [5.41, 5.74) is 2.32. The van der Waals surface area contributed by atoms with Crippen LogP contribution in [-0.4, -0.2) is 19.6 Å². The van der Waals surface area contributed by atoms with Gasteiger partial charge in [-0.05, 0) is 24.6 Å². The fourth-order valence-electron chi connectivity index (χ4n) is 1.23. The second-order valence-corrected chi connectivity index (χ2v) is 3.36. The Morgan fingerprint density at radius 1 is 1.27 bits per heavy atom. The number of carbonyl (C=O) groups excluding carboxylic acids is 1. The third kappa shape index (κ3) is 4.13. The maximum atomic E-state index is 11.1. The van der Waals surface area contributed by atoms with E-state index in [2.05, 4.69) is 24.4 Å². The number of rotatable bonds is 5. The van der Waals surface area contributed by atoms with E-state index in [9.17, 15) is 4.79 Å². The van der Waals surface area contributed by atoms with E-state index in [0.717, 1.165) is 12.0 Å². The highest BCUT2D eigenvalue weighted by Gasteiger charge is 2.00. The zero-order valence-corrected chi connectivity index (χ0v) is 9.25. The molecule has 0 aliphatic rings. The van der Waals surface area contributed by atoms with E-state index in [0.29, 0.717) is 6.61 Å². The van der Waals surface area contributed by atoms with Gasteiger partial charge in [-0.2, -0.15) is 0 Å². The van der Waals surface area contributed by atoms with Crippen molar-refractivity contribution in [3.63, 3.8) is 0 Å². The zero-order chi connectivity index (χ0) is 11.1. The number of ether oxygens (including phenoxy) is 1. The molecule has 0 spiro atoms. The second kappa shape index (κ2) is 6.19. The minimum Gasteiger partial charge on any atom is -0.460 e. The van der Waals surface area contributed by atoms with E-state index in [1.807, 2.05) is 12.1 Å². The van der Waals surface area contributed by atoms with Gasteiger partial charge in [0.25, 0.3) is 0 Å². The molecule has 15 heavy (non-hydrogen) atoms. The number of hydrogen-bond donors (Lipinski definition) is 1. The Balaban J connectivity index is 2.40. The minimum atomic E-state index is -0.225. The normalized spacial score (nSPS) is 10.0. The van der Waals surface area contributed by atoms with Crippen molar-refractivity contribution in [3.8, 4) is 0 Å². The molecule has 0 bridgehead atoms. The molecule has 3 nitrogen and oxygen atoms in total. The van der Waals surface area contributed by atoms with Gasteiger partial charge < -0.3 is 10.1 Å². The molecule has 0 aliphatic heterocycles. The van der Waals surface area contributed by atoms with Gasteiger partial charge in [-0.15, -0.1) is 0 Å². The summed E-state index contributed by atoms with van der Waals surface area (Å²) in [6.45, 7) is 2.72. The first kappa shape index (κ1) is 11.7. The van der Waals surface area contributed by atoms with E-state index in [1.165, 1.54) is 5.56 Å². The molecule has 1 aromatic rings. The van der Waals surface area contributed by atoms with Gasteiger partial charge in [0.05, 0.1) is 6.54 Å². The largest absolute Gasteiger partial charge is 0.460 e. The molecule has 1 aromatic carbocycles. The highest BCUT2D eigenvalue weighted by atomic mass is 16.5. The Morgan fingerprint density at radius 3 is 2.40 bits per heavy atom. The summed E-state index contributed by atoms with van der Waals surface area (Å²) < 4.78 is 5.04. The highest BCUT2D eigenvalue weighted by molar-refractivity contribution is 5.71. The molecule has 0 fully saturated rings. The number of hydrogen-bond acceptors (Lipinski definition) is 3. The maximum absolute atomic E-state index is 11.1. The van der Waals surface area contributed by atoms with Crippen molar-refractivity contribution >= 4 is 5.97 Å². The van der Waals surface area contributed by atoms with E-state index < -0.39 is 0 Å². The van der Waals surface area contributed by atoms with Crippen LogP contribution in [0.5, 0.6) is 0 Å². The summed E-state index contributed by atoms with van der Waals surface area (Å²) in [5.74, 6) is -0.225. The van der Waals surface area contributed by atoms with Crippen LogP contribution < -0.4 is 5.32 Å². The lowest BCUT2D eigenvalue weighted by Gasteiger charge is -2.05. The maximum Gasteiger partial charge on any atom is 0.320 e. The molecule has 82 valence electrons. The van der Waals surface area contributed by atoms with E-state index in [4.69, 9.17) is 4.74 Å². The molecule has 0 unspecified atom stereocenters. The average molecular weight is 207 g/mol. The molecule has 3 heteroatoms. The van der Waals surface area contributed by atoms with Gasteiger partial charge in [0.2, 0.25) is 0 Å². The quantitative estimate of drug-likeness (QED) is 0.744. The fraction of sp³-hybridized carbons (Fsp3) is 0.417. The third-order valence-corrected chi connectivity index (χ3v) is 2.15. The molecule has 0 saturated carbocycles. The van der Waals surface area contributed by atoms with Gasteiger partial charge in [0, 0.05) is 0 Å². The Bertz CT molecular complexity index is 306. The highest BCUT2D eigenvalue weighted by Crippen LogP contribution is 2.06. The number of carbonyl (C=O) groups is 1. The fourth-order valence-corrected chi connectivity index (χ4v) is 1.23. The zero-order valence-electron chi connectivity index (χ0n) is 9.25. The number of aryl methyl sites for hydroxylation is 1. The second-order valence-electron chi connectivity index (χ2n) is 3.36. The summed E-state index contributed by atoms with van der Waals surface area (Å²) in [5, 5.41) is 2.75. The van der Waals surface area contributed by atoms with Crippen LogP contribution in [0.1, 0.15) is 18.1 Å². The van der Waals surface area contributed by atoms with E-state index in [1.54, 1.807) is 7.05 Å². The van der Waals surface area contributed by atoms with Crippen LogP contribution in [0.3, 0.4) is 0 Å². The molecule has 0 radical (unpaired) electrons. The minimum absolute atomic E-state index is 0.225. The third-order valence-electron chi connectivity index (χ3n) is 2.15.